The Morgan fingerprint density at radius 3 is 2.44 bits per heavy atom. The van der Waals surface area contributed by atoms with Crippen molar-refractivity contribution in [3.8, 4) is 0 Å². The molecule has 0 aromatic carbocycles. The maximum atomic E-state index is 11.4. The smallest absolute Gasteiger partial charge is 0.303 e. The molecule has 0 aliphatic heterocycles. The average Bonchev–Trinajstić information content (AvgIpc) is 2.33. The molecule has 0 saturated carbocycles. The summed E-state index contributed by atoms with van der Waals surface area (Å²) >= 11 is 0. The maximum absolute atomic E-state index is 11.4. The van der Waals surface area contributed by atoms with Crippen LogP contribution in [0.5, 0.6) is 0 Å². The van der Waals surface area contributed by atoms with Gasteiger partial charge < -0.3 is 15.7 Å². The normalized spacial score (nSPS) is 13.9. The largest absolute Gasteiger partial charge is 0.481 e. The lowest BCUT2D eigenvalue weighted by Gasteiger charge is -2.13. The van der Waals surface area contributed by atoms with E-state index in [1.807, 2.05) is 13.8 Å². The molecular weight excluding hydrogens is 232 g/mol. The lowest BCUT2D eigenvalue weighted by Crippen LogP contribution is -2.38. The van der Waals surface area contributed by atoms with Crippen LogP contribution in [0, 0.1) is 5.92 Å². The lowest BCUT2D eigenvalue weighted by atomic mass is 10.0. The number of rotatable bonds is 10. The van der Waals surface area contributed by atoms with Gasteiger partial charge in [0.05, 0.1) is 6.54 Å². The third-order valence-electron chi connectivity index (χ3n) is 3.03. The molecule has 18 heavy (non-hydrogen) atoms. The molecular formula is C13H26N2O3. The maximum Gasteiger partial charge on any atom is 0.303 e. The molecule has 2 atom stereocenters. The van der Waals surface area contributed by atoms with E-state index >= 15 is 0 Å². The predicted molar refractivity (Wildman–Crippen MR) is 71.4 cm³/mol. The first-order chi connectivity index (χ1) is 8.45. The van der Waals surface area contributed by atoms with Crippen LogP contribution in [0.25, 0.3) is 0 Å². The van der Waals surface area contributed by atoms with Crippen LogP contribution >= 0.6 is 0 Å². The second-order valence-corrected chi connectivity index (χ2v) is 4.87. The van der Waals surface area contributed by atoms with Gasteiger partial charge in [-0.3, -0.25) is 9.59 Å². The van der Waals surface area contributed by atoms with Gasteiger partial charge in [-0.25, -0.2) is 0 Å². The fourth-order valence-electron chi connectivity index (χ4n) is 1.45. The summed E-state index contributed by atoms with van der Waals surface area (Å²) in [7, 11) is 0. The Labute approximate surface area is 109 Å². The van der Waals surface area contributed by atoms with E-state index in [-0.39, 0.29) is 12.3 Å². The van der Waals surface area contributed by atoms with E-state index in [1.54, 1.807) is 0 Å². The number of carbonyl (C=O) groups excluding carboxylic acids is 1. The first-order valence-corrected chi connectivity index (χ1v) is 6.67. The van der Waals surface area contributed by atoms with E-state index in [9.17, 15) is 9.59 Å². The highest BCUT2D eigenvalue weighted by Gasteiger charge is 2.07. The Morgan fingerprint density at radius 1 is 1.22 bits per heavy atom. The van der Waals surface area contributed by atoms with E-state index in [0.29, 0.717) is 31.5 Å². The molecule has 5 nitrogen and oxygen atoms in total. The highest BCUT2D eigenvalue weighted by atomic mass is 16.4. The zero-order chi connectivity index (χ0) is 14.0. The summed E-state index contributed by atoms with van der Waals surface area (Å²) in [5.74, 6) is -0.437. The van der Waals surface area contributed by atoms with Gasteiger partial charge in [0, 0.05) is 19.0 Å². The molecule has 0 saturated heterocycles. The first-order valence-electron chi connectivity index (χ1n) is 6.67. The summed E-state index contributed by atoms with van der Waals surface area (Å²) in [6, 6.07) is 0.352. The van der Waals surface area contributed by atoms with E-state index in [4.69, 9.17) is 5.11 Å². The van der Waals surface area contributed by atoms with Crippen molar-refractivity contribution < 1.29 is 14.7 Å². The van der Waals surface area contributed by atoms with Gasteiger partial charge >= 0.3 is 5.97 Å². The van der Waals surface area contributed by atoms with Crippen molar-refractivity contribution in [2.24, 2.45) is 5.92 Å². The Morgan fingerprint density at radius 2 is 1.89 bits per heavy atom. The molecule has 1 amide bonds. The topological polar surface area (TPSA) is 78.4 Å². The van der Waals surface area contributed by atoms with Crippen molar-refractivity contribution in [1.82, 2.24) is 10.6 Å². The zero-order valence-corrected chi connectivity index (χ0v) is 11.7. The van der Waals surface area contributed by atoms with Gasteiger partial charge in [0.15, 0.2) is 0 Å². The van der Waals surface area contributed by atoms with Crippen LogP contribution in [0.4, 0.5) is 0 Å². The molecule has 0 fully saturated rings. The van der Waals surface area contributed by atoms with Gasteiger partial charge in [-0.2, -0.15) is 0 Å². The number of carboxylic acids is 1. The molecule has 2 unspecified atom stereocenters. The first kappa shape index (κ1) is 16.9. The molecule has 0 rings (SSSR count). The highest BCUT2D eigenvalue weighted by molar-refractivity contribution is 5.77. The summed E-state index contributed by atoms with van der Waals surface area (Å²) in [4.78, 5) is 21.8. The quantitative estimate of drug-likeness (QED) is 0.553. The van der Waals surface area contributed by atoms with Gasteiger partial charge in [-0.15, -0.1) is 0 Å². The number of hydrogen-bond donors (Lipinski definition) is 3. The van der Waals surface area contributed by atoms with E-state index in [0.717, 1.165) is 12.8 Å². The molecule has 0 aromatic heterocycles. The van der Waals surface area contributed by atoms with Gasteiger partial charge in [-0.05, 0) is 32.1 Å². The van der Waals surface area contributed by atoms with Gasteiger partial charge in [0.25, 0.3) is 0 Å². The minimum atomic E-state index is -0.761. The number of amides is 1. The summed E-state index contributed by atoms with van der Waals surface area (Å²) < 4.78 is 0. The third kappa shape index (κ3) is 10.1. The Kier molecular flexibility index (Phi) is 9.28. The van der Waals surface area contributed by atoms with Crippen LogP contribution in [0.3, 0.4) is 0 Å². The fourth-order valence-corrected chi connectivity index (χ4v) is 1.45. The summed E-state index contributed by atoms with van der Waals surface area (Å²) in [5, 5.41) is 14.5. The van der Waals surface area contributed by atoms with Gasteiger partial charge in [0.2, 0.25) is 5.91 Å². The summed E-state index contributed by atoms with van der Waals surface area (Å²) in [6.07, 6.45) is 2.68. The van der Waals surface area contributed by atoms with Crippen molar-refractivity contribution in [1.29, 1.82) is 0 Å². The van der Waals surface area contributed by atoms with Crippen molar-refractivity contribution in [3.63, 3.8) is 0 Å². The minimum Gasteiger partial charge on any atom is -0.481 e. The molecule has 106 valence electrons. The Bertz CT molecular complexity index is 257. The second kappa shape index (κ2) is 9.88. The van der Waals surface area contributed by atoms with Gasteiger partial charge in [-0.1, -0.05) is 13.8 Å². The number of carbonyl (C=O) groups is 2. The van der Waals surface area contributed by atoms with Crippen LogP contribution in [0.15, 0.2) is 0 Å². The molecule has 0 aliphatic rings. The molecule has 0 bridgehead atoms. The number of aliphatic carboxylic acids is 1. The van der Waals surface area contributed by atoms with Crippen LogP contribution < -0.4 is 10.6 Å². The zero-order valence-electron chi connectivity index (χ0n) is 11.7. The second-order valence-electron chi connectivity index (χ2n) is 4.87. The molecule has 0 radical (unpaired) electrons. The Hall–Kier alpha value is -1.10. The molecule has 3 N–H and O–H groups in total. The molecule has 5 heteroatoms. The fraction of sp³-hybridized carbons (Fsp3) is 0.846. The van der Waals surface area contributed by atoms with Crippen molar-refractivity contribution in [2.75, 3.05) is 13.1 Å². The van der Waals surface area contributed by atoms with Crippen molar-refractivity contribution in [3.05, 3.63) is 0 Å². The number of hydrogen-bond acceptors (Lipinski definition) is 3. The van der Waals surface area contributed by atoms with Gasteiger partial charge in [0.1, 0.15) is 0 Å². The summed E-state index contributed by atoms with van der Waals surface area (Å²) in [6.45, 7) is 7.08. The minimum absolute atomic E-state index is 0.000680. The molecule has 0 aliphatic carbocycles. The SMILES string of the molecule is CCC(C)NCC(=O)NCCC(C)CCC(=O)O. The molecule has 0 heterocycles. The van der Waals surface area contributed by atoms with Crippen LogP contribution in [-0.2, 0) is 9.59 Å². The molecule has 0 aromatic rings. The van der Waals surface area contributed by atoms with Crippen LogP contribution in [0.1, 0.15) is 46.5 Å². The van der Waals surface area contributed by atoms with E-state index < -0.39 is 5.97 Å². The Balaban J connectivity index is 3.52. The van der Waals surface area contributed by atoms with E-state index in [1.165, 1.54) is 0 Å². The standard InChI is InChI=1S/C13H26N2O3/c1-4-11(3)15-9-12(16)14-8-7-10(2)5-6-13(17)18/h10-11,15H,4-9H2,1-3H3,(H,14,16)(H,17,18). The van der Waals surface area contributed by atoms with Crippen LogP contribution in [0.2, 0.25) is 0 Å². The van der Waals surface area contributed by atoms with Crippen LogP contribution in [-0.4, -0.2) is 36.1 Å². The lowest BCUT2D eigenvalue weighted by molar-refractivity contribution is -0.137. The number of nitrogens with one attached hydrogen (secondary N) is 2. The predicted octanol–water partition coefficient (Wildman–Crippen LogP) is 1.38. The highest BCUT2D eigenvalue weighted by Crippen LogP contribution is 2.08. The van der Waals surface area contributed by atoms with Crippen molar-refractivity contribution >= 4 is 11.9 Å². The molecule has 0 spiro atoms. The van der Waals surface area contributed by atoms with E-state index in [2.05, 4.69) is 17.6 Å². The van der Waals surface area contributed by atoms with Crippen molar-refractivity contribution in [2.45, 2.75) is 52.5 Å². The monoisotopic (exact) mass is 258 g/mol. The average molecular weight is 258 g/mol. The summed E-state index contributed by atoms with van der Waals surface area (Å²) in [5.41, 5.74) is 0. The third-order valence-corrected chi connectivity index (χ3v) is 3.03. The number of carboxylic acid groups (broad SMARTS) is 1.